The largest absolute Gasteiger partial charge is 0.470 e. The molecule has 168 valence electrons. The molecule has 0 bridgehead atoms. The van der Waals surface area contributed by atoms with Gasteiger partial charge in [-0.05, 0) is 49.9 Å². The highest BCUT2D eigenvalue weighted by molar-refractivity contribution is 7.89. The first-order valence-electron chi connectivity index (χ1n) is 9.96. The summed E-state index contributed by atoms with van der Waals surface area (Å²) >= 11 is 0. The average molecular weight is 458 g/mol. The quantitative estimate of drug-likeness (QED) is 0.699. The first-order valence-corrected chi connectivity index (χ1v) is 11.4. The average Bonchev–Trinajstić information content (AvgIpc) is 3.46. The van der Waals surface area contributed by atoms with Crippen molar-refractivity contribution < 1.29 is 30.8 Å². The first-order chi connectivity index (χ1) is 14.7. The van der Waals surface area contributed by atoms with Crippen molar-refractivity contribution in [2.24, 2.45) is 0 Å². The lowest BCUT2D eigenvalue weighted by Crippen LogP contribution is -2.38. The summed E-state index contributed by atoms with van der Waals surface area (Å²) in [5.74, 6) is -2.05. The van der Waals surface area contributed by atoms with Gasteiger partial charge in [-0.15, -0.1) is 10.2 Å². The van der Waals surface area contributed by atoms with E-state index in [4.69, 9.17) is 4.42 Å². The highest BCUT2D eigenvalue weighted by atomic mass is 32.2. The third-order valence-corrected chi connectivity index (χ3v) is 7.53. The maximum absolute atomic E-state index is 12.8. The van der Waals surface area contributed by atoms with Gasteiger partial charge in [0.2, 0.25) is 15.9 Å². The van der Waals surface area contributed by atoms with Crippen molar-refractivity contribution in [2.75, 3.05) is 26.2 Å². The van der Waals surface area contributed by atoms with Crippen molar-refractivity contribution in [1.82, 2.24) is 19.4 Å². The number of hydrogen-bond donors (Lipinski definition) is 0. The van der Waals surface area contributed by atoms with E-state index in [0.717, 1.165) is 12.8 Å². The van der Waals surface area contributed by atoms with Crippen molar-refractivity contribution in [3.05, 3.63) is 41.6 Å². The number of halogens is 3. The van der Waals surface area contributed by atoms with Gasteiger partial charge < -0.3 is 9.32 Å². The van der Waals surface area contributed by atoms with Gasteiger partial charge in [0.1, 0.15) is 0 Å². The van der Waals surface area contributed by atoms with Crippen LogP contribution >= 0.6 is 0 Å². The van der Waals surface area contributed by atoms with Crippen molar-refractivity contribution in [3.63, 3.8) is 0 Å². The molecule has 1 aromatic carbocycles. The van der Waals surface area contributed by atoms with Crippen LogP contribution in [0.5, 0.6) is 0 Å². The minimum absolute atomic E-state index is 0.0732. The molecule has 12 heteroatoms. The number of likely N-dealkylation sites (tertiary alicyclic amines) is 1. The highest BCUT2D eigenvalue weighted by Gasteiger charge is 2.39. The first kappa shape index (κ1) is 21.8. The van der Waals surface area contributed by atoms with Gasteiger partial charge in [0.25, 0.3) is 5.91 Å². The summed E-state index contributed by atoms with van der Waals surface area (Å²) in [6.45, 7) is 1.65. The molecule has 4 rings (SSSR count). The molecule has 0 spiro atoms. The molecule has 1 amide bonds. The van der Waals surface area contributed by atoms with Crippen LogP contribution in [0.2, 0.25) is 0 Å². The number of hydrogen-bond acceptors (Lipinski definition) is 6. The Morgan fingerprint density at radius 3 is 2.16 bits per heavy atom. The number of carbonyl (C=O) groups is 1. The molecule has 1 aromatic heterocycles. The van der Waals surface area contributed by atoms with E-state index in [1.165, 1.54) is 28.6 Å². The highest BCUT2D eigenvalue weighted by Crippen LogP contribution is 2.33. The Hall–Kier alpha value is -2.47. The smallest absolute Gasteiger partial charge is 0.417 e. The Morgan fingerprint density at radius 1 is 1.00 bits per heavy atom. The number of amides is 1. The second-order valence-electron chi connectivity index (χ2n) is 7.65. The summed E-state index contributed by atoms with van der Waals surface area (Å²) in [6, 6.07) is 5.85. The van der Waals surface area contributed by atoms with E-state index in [2.05, 4.69) is 10.2 Å². The maximum atomic E-state index is 12.8. The van der Waals surface area contributed by atoms with Gasteiger partial charge in [-0.25, -0.2) is 8.42 Å². The number of alkyl halides is 3. The third kappa shape index (κ3) is 4.45. The van der Waals surface area contributed by atoms with Gasteiger partial charge >= 0.3 is 12.1 Å². The van der Waals surface area contributed by atoms with Crippen molar-refractivity contribution in [1.29, 1.82) is 0 Å². The minimum atomic E-state index is -4.68. The Balaban J connectivity index is 1.38. The summed E-state index contributed by atoms with van der Waals surface area (Å²) in [5.41, 5.74) is 0.357. The van der Waals surface area contributed by atoms with Crippen molar-refractivity contribution >= 4 is 15.9 Å². The molecule has 3 heterocycles. The second kappa shape index (κ2) is 8.23. The molecule has 0 atom stereocenters. The normalized spacial score (nSPS) is 19.1. The van der Waals surface area contributed by atoms with Crippen LogP contribution in [-0.2, 0) is 16.2 Å². The van der Waals surface area contributed by atoms with Crippen LogP contribution in [-0.4, -0.2) is 59.9 Å². The Labute approximate surface area is 177 Å². The van der Waals surface area contributed by atoms with E-state index in [1.54, 1.807) is 4.90 Å². The standard InChI is InChI=1S/C19H21F3N4O4S/c20-19(21,22)18-24-23-16(30-18)13-7-11-25(12-8-13)17(27)14-3-5-15(6-4-14)31(28,29)26-9-1-2-10-26/h3-6,13H,1-2,7-12H2. The molecule has 2 aliphatic rings. The van der Waals surface area contributed by atoms with E-state index >= 15 is 0 Å². The summed E-state index contributed by atoms with van der Waals surface area (Å²) in [4.78, 5) is 14.5. The topological polar surface area (TPSA) is 96.6 Å². The number of sulfonamides is 1. The van der Waals surface area contributed by atoms with Crippen LogP contribution in [0.1, 0.15) is 53.7 Å². The van der Waals surface area contributed by atoms with Gasteiger partial charge in [-0.2, -0.15) is 17.5 Å². The van der Waals surface area contributed by atoms with E-state index in [-0.39, 0.29) is 22.6 Å². The monoisotopic (exact) mass is 458 g/mol. The van der Waals surface area contributed by atoms with E-state index in [9.17, 15) is 26.4 Å². The lowest BCUT2D eigenvalue weighted by molar-refractivity contribution is -0.157. The number of benzene rings is 1. The fourth-order valence-corrected chi connectivity index (χ4v) is 5.39. The van der Waals surface area contributed by atoms with Crippen molar-refractivity contribution in [2.45, 2.75) is 42.7 Å². The summed E-state index contributed by atoms with van der Waals surface area (Å²) in [6.07, 6.45) is -2.21. The van der Waals surface area contributed by atoms with Crippen LogP contribution in [0.4, 0.5) is 13.2 Å². The predicted molar refractivity (Wildman–Crippen MR) is 102 cm³/mol. The number of aromatic nitrogens is 2. The summed E-state index contributed by atoms with van der Waals surface area (Å²) in [7, 11) is -3.55. The molecular weight excluding hydrogens is 437 g/mol. The van der Waals surface area contributed by atoms with E-state index in [1.807, 2.05) is 0 Å². The van der Waals surface area contributed by atoms with Crippen LogP contribution in [0.25, 0.3) is 0 Å². The number of carbonyl (C=O) groups excluding carboxylic acids is 1. The van der Waals surface area contributed by atoms with Crippen molar-refractivity contribution in [3.8, 4) is 0 Å². The maximum Gasteiger partial charge on any atom is 0.470 e. The molecule has 0 saturated carbocycles. The number of rotatable bonds is 4. The number of nitrogens with zero attached hydrogens (tertiary/aromatic N) is 4. The summed E-state index contributed by atoms with van der Waals surface area (Å²) in [5, 5.41) is 6.54. The molecule has 0 N–H and O–H groups in total. The van der Waals surface area contributed by atoms with Crippen LogP contribution < -0.4 is 0 Å². The SMILES string of the molecule is O=C(c1ccc(S(=O)(=O)N2CCCC2)cc1)N1CCC(c2nnc(C(F)(F)F)o2)CC1. The van der Waals surface area contributed by atoms with E-state index in [0.29, 0.717) is 44.6 Å². The molecule has 0 unspecified atom stereocenters. The lowest BCUT2D eigenvalue weighted by atomic mass is 9.96. The van der Waals surface area contributed by atoms with Crippen LogP contribution in [0, 0.1) is 0 Å². The Morgan fingerprint density at radius 2 is 1.61 bits per heavy atom. The van der Waals surface area contributed by atoms with Gasteiger partial charge in [0.15, 0.2) is 0 Å². The summed E-state index contributed by atoms with van der Waals surface area (Å²) < 4.78 is 69.2. The predicted octanol–water partition coefficient (Wildman–Crippen LogP) is 2.89. The van der Waals surface area contributed by atoms with Crippen LogP contribution in [0.3, 0.4) is 0 Å². The van der Waals surface area contributed by atoms with Gasteiger partial charge in [0, 0.05) is 37.7 Å². The molecule has 2 fully saturated rings. The molecule has 0 radical (unpaired) electrons. The third-order valence-electron chi connectivity index (χ3n) is 5.62. The molecular formula is C19H21F3N4O4S. The Bertz CT molecular complexity index is 1040. The zero-order chi connectivity index (χ0) is 22.2. The fourth-order valence-electron chi connectivity index (χ4n) is 3.87. The lowest BCUT2D eigenvalue weighted by Gasteiger charge is -2.30. The van der Waals surface area contributed by atoms with E-state index < -0.39 is 22.1 Å². The van der Waals surface area contributed by atoms with Gasteiger partial charge in [0.05, 0.1) is 4.90 Å². The fraction of sp³-hybridized carbons (Fsp3) is 0.526. The molecule has 2 saturated heterocycles. The molecule has 31 heavy (non-hydrogen) atoms. The molecule has 2 aliphatic heterocycles. The molecule has 2 aromatic rings. The second-order valence-corrected chi connectivity index (χ2v) is 9.58. The number of piperidine rings is 1. The van der Waals surface area contributed by atoms with Gasteiger partial charge in [-0.3, -0.25) is 4.79 Å². The zero-order valence-electron chi connectivity index (χ0n) is 16.5. The molecule has 0 aliphatic carbocycles. The minimum Gasteiger partial charge on any atom is -0.417 e. The van der Waals surface area contributed by atoms with Gasteiger partial charge in [-0.1, -0.05) is 0 Å². The van der Waals surface area contributed by atoms with Crippen LogP contribution in [0.15, 0.2) is 33.6 Å². The molecule has 8 nitrogen and oxygen atoms in total. The Kier molecular flexibility index (Phi) is 5.77. The zero-order valence-corrected chi connectivity index (χ0v) is 17.3.